The molecule has 7 heteroatoms. The normalized spacial score (nSPS) is 17.7. The number of nitrogens with zero attached hydrogens (tertiary/aromatic N) is 3. The van der Waals surface area contributed by atoms with Gasteiger partial charge in [0.2, 0.25) is 0 Å². The number of aromatic nitrogens is 1. The summed E-state index contributed by atoms with van der Waals surface area (Å²) in [4.78, 5) is 6.27. The second-order valence-electron chi connectivity index (χ2n) is 5.86. The van der Waals surface area contributed by atoms with Gasteiger partial charge in [0, 0.05) is 37.5 Å². The third-order valence-corrected chi connectivity index (χ3v) is 4.41. The summed E-state index contributed by atoms with van der Waals surface area (Å²) in [6, 6.07) is 4.62. The van der Waals surface area contributed by atoms with Crippen LogP contribution in [-0.2, 0) is 0 Å². The molecule has 0 bridgehead atoms. The van der Waals surface area contributed by atoms with Crippen LogP contribution < -0.4 is 11.1 Å². The van der Waals surface area contributed by atoms with E-state index in [4.69, 9.17) is 10.3 Å². The van der Waals surface area contributed by atoms with Crippen molar-refractivity contribution in [2.24, 2.45) is 10.7 Å². The molecule has 1 aromatic heterocycles. The number of fused-ring (bicyclic) bond motifs is 1. The van der Waals surface area contributed by atoms with E-state index < -0.39 is 0 Å². The smallest absolute Gasteiger partial charge is 0.188 e. The number of aliphatic imine (C=N–C) groups is 1. The number of piperidine rings is 1. The van der Waals surface area contributed by atoms with Gasteiger partial charge in [-0.1, -0.05) is 5.16 Å². The number of rotatable bonds is 4. The monoisotopic (exact) mass is 319 g/mol. The van der Waals surface area contributed by atoms with Crippen LogP contribution in [0.1, 0.15) is 24.5 Å². The summed E-state index contributed by atoms with van der Waals surface area (Å²) >= 11 is 0. The van der Waals surface area contributed by atoms with Crippen molar-refractivity contribution in [2.45, 2.75) is 18.8 Å². The summed E-state index contributed by atoms with van der Waals surface area (Å²) in [7, 11) is 1.67. The lowest BCUT2D eigenvalue weighted by molar-refractivity contribution is 0.212. The first-order valence-electron chi connectivity index (χ1n) is 7.90. The second-order valence-corrected chi connectivity index (χ2v) is 5.86. The number of nitrogens with two attached hydrogens (primary N) is 1. The van der Waals surface area contributed by atoms with Crippen molar-refractivity contribution in [3.8, 4) is 0 Å². The number of halogens is 1. The molecule has 0 unspecified atom stereocenters. The summed E-state index contributed by atoms with van der Waals surface area (Å²) in [6.07, 6.45) is 2.05. The van der Waals surface area contributed by atoms with E-state index in [0.717, 1.165) is 50.1 Å². The van der Waals surface area contributed by atoms with Crippen molar-refractivity contribution in [1.29, 1.82) is 0 Å². The summed E-state index contributed by atoms with van der Waals surface area (Å²) in [5.41, 5.74) is 7.10. The maximum absolute atomic E-state index is 13.2. The average molecular weight is 319 g/mol. The van der Waals surface area contributed by atoms with E-state index in [1.807, 2.05) is 0 Å². The van der Waals surface area contributed by atoms with Gasteiger partial charge in [-0.2, -0.15) is 0 Å². The Hall–Kier alpha value is -2.15. The van der Waals surface area contributed by atoms with Gasteiger partial charge in [0.15, 0.2) is 11.5 Å². The molecule has 3 N–H and O–H groups in total. The minimum atomic E-state index is -0.294. The van der Waals surface area contributed by atoms with Gasteiger partial charge in [-0.15, -0.1) is 0 Å². The molecular formula is C16H22FN5O. The molecular weight excluding hydrogens is 297 g/mol. The van der Waals surface area contributed by atoms with Crippen LogP contribution in [0.2, 0.25) is 0 Å². The fourth-order valence-corrected chi connectivity index (χ4v) is 3.08. The lowest BCUT2D eigenvalue weighted by Crippen LogP contribution is -2.41. The van der Waals surface area contributed by atoms with Crippen LogP contribution >= 0.6 is 0 Å². The summed E-state index contributed by atoms with van der Waals surface area (Å²) in [6.45, 7) is 3.74. The number of benzene rings is 1. The molecule has 1 aliphatic rings. The first-order valence-corrected chi connectivity index (χ1v) is 7.90. The van der Waals surface area contributed by atoms with Crippen LogP contribution in [0.15, 0.2) is 27.7 Å². The zero-order valence-electron chi connectivity index (χ0n) is 13.3. The van der Waals surface area contributed by atoms with E-state index in [0.29, 0.717) is 17.5 Å². The van der Waals surface area contributed by atoms with Gasteiger partial charge < -0.3 is 20.5 Å². The van der Waals surface area contributed by atoms with Crippen LogP contribution in [0.25, 0.3) is 11.0 Å². The minimum absolute atomic E-state index is 0.294. The lowest BCUT2D eigenvalue weighted by Gasteiger charge is -2.31. The number of guanidine groups is 1. The van der Waals surface area contributed by atoms with Crippen LogP contribution in [0.5, 0.6) is 0 Å². The fraction of sp³-hybridized carbons (Fsp3) is 0.500. The van der Waals surface area contributed by atoms with Crippen molar-refractivity contribution in [1.82, 2.24) is 15.4 Å². The molecule has 1 fully saturated rings. The highest BCUT2D eigenvalue weighted by Crippen LogP contribution is 2.32. The van der Waals surface area contributed by atoms with Gasteiger partial charge in [-0.05, 0) is 38.1 Å². The topological polar surface area (TPSA) is 79.7 Å². The highest BCUT2D eigenvalue weighted by molar-refractivity contribution is 5.80. The average Bonchev–Trinajstić information content (AvgIpc) is 2.98. The highest BCUT2D eigenvalue weighted by Gasteiger charge is 2.24. The number of likely N-dealkylation sites (tertiary alicyclic amines) is 1. The molecule has 23 heavy (non-hydrogen) atoms. The Balaban J connectivity index is 1.56. The Bertz CT molecular complexity index is 691. The van der Waals surface area contributed by atoms with Crippen LogP contribution in [0.3, 0.4) is 0 Å². The molecule has 2 heterocycles. The lowest BCUT2D eigenvalue weighted by atomic mass is 9.91. The molecule has 0 aliphatic carbocycles. The van der Waals surface area contributed by atoms with Crippen LogP contribution in [0, 0.1) is 5.82 Å². The predicted molar refractivity (Wildman–Crippen MR) is 87.9 cm³/mol. The number of hydrogen-bond donors (Lipinski definition) is 2. The van der Waals surface area contributed by atoms with Gasteiger partial charge in [0.1, 0.15) is 5.82 Å². The van der Waals surface area contributed by atoms with Crippen molar-refractivity contribution < 1.29 is 8.91 Å². The quantitative estimate of drug-likeness (QED) is 0.662. The molecule has 124 valence electrons. The molecule has 1 aliphatic heterocycles. The Kier molecular flexibility index (Phi) is 4.76. The Morgan fingerprint density at radius 2 is 2.26 bits per heavy atom. The summed E-state index contributed by atoms with van der Waals surface area (Å²) in [5.74, 6) is 0.548. The fourth-order valence-electron chi connectivity index (χ4n) is 3.08. The minimum Gasteiger partial charge on any atom is -0.370 e. The van der Waals surface area contributed by atoms with E-state index >= 15 is 0 Å². The molecule has 1 saturated heterocycles. The van der Waals surface area contributed by atoms with Gasteiger partial charge >= 0.3 is 0 Å². The maximum atomic E-state index is 13.2. The maximum Gasteiger partial charge on any atom is 0.188 e. The number of hydrogen-bond acceptors (Lipinski definition) is 4. The molecule has 1 aromatic carbocycles. The Labute approximate surface area is 134 Å². The number of nitrogens with one attached hydrogen (secondary N) is 1. The molecule has 0 atom stereocenters. The Morgan fingerprint density at radius 1 is 1.48 bits per heavy atom. The molecule has 2 aromatic rings. The second kappa shape index (κ2) is 6.95. The molecule has 0 amide bonds. The first-order chi connectivity index (χ1) is 11.2. The van der Waals surface area contributed by atoms with Crippen molar-refractivity contribution in [3.05, 3.63) is 29.7 Å². The molecule has 6 nitrogen and oxygen atoms in total. The molecule has 3 rings (SSSR count). The van der Waals surface area contributed by atoms with E-state index in [1.165, 1.54) is 12.1 Å². The van der Waals surface area contributed by atoms with Crippen molar-refractivity contribution in [3.63, 3.8) is 0 Å². The largest absolute Gasteiger partial charge is 0.370 e. The van der Waals surface area contributed by atoms with Crippen LogP contribution in [-0.4, -0.2) is 49.2 Å². The van der Waals surface area contributed by atoms with Crippen molar-refractivity contribution >= 4 is 16.9 Å². The third-order valence-electron chi connectivity index (χ3n) is 4.41. The van der Waals surface area contributed by atoms with E-state index in [2.05, 4.69) is 20.4 Å². The van der Waals surface area contributed by atoms with E-state index in [9.17, 15) is 4.39 Å². The van der Waals surface area contributed by atoms with Gasteiger partial charge in [-0.25, -0.2) is 4.39 Å². The third kappa shape index (κ3) is 3.61. The first kappa shape index (κ1) is 15.7. The van der Waals surface area contributed by atoms with E-state index in [-0.39, 0.29) is 5.82 Å². The predicted octanol–water partition coefficient (Wildman–Crippen LogP) is 1.68. The summed E-state index contributed by atoms with van der Waals surface area (Å²) < 4.78 is 18.5. The molecule has 0 saturated carbocycles. The molecule has 0 spiro atoms. The zero-order chi connectivity index (χ0) is 16.2. The van der Waals surface area contributed by atoms with Gasteiger partial charge in [0.25, 0.3) is 0 Å². The highest BCUT2D eigenvalue weighted by atomic mass is 19.1. The van der Waals surface area contributed by atoms with Crippen LogP contribution in [0.4, 0.5) is 4.39 Å². The van der Waals surface area contributed by atoms with Crippen molar-refractivity contribution in [2.75, 3.05) is 33.2 Å². The molecule has 0 radical (unpaired) electrons. The van der Waals surface area contributed by atoms with E-state index in [1.54, 1.807) is 13.1 Å². The van der Waals surface area contributed by atoms with Gasteiger partial charge in [0.05, 0.1) is 5.69 Å². The summed E-state index contributed by atoms with van der Waals surface area (Å²) in [5, 5.41) is 8.18. The van der Waals surface area contributed by atoms with Gasteiger partial charge in [-0.3, -0.25) is 4.99 Å². The SMILES string of the molecule is CN=C(N)NCCN1CCC(c2noc3cc(F)ccc23)CC1. The Morgan fingerprint density at radius 3 is 3.00 bits per heavy atom. The standard InChI is InChI=1S/C16H22FN5O/c1-19-16(18)20-6-9-22-7-4-11(5-8-22)15-13-3-2-12(17)10-14(13)23-21-15/h2-3,10-11H,4-9H2,1H3,(H3,18,19,20). The zero-order valence-corrected chi connectivity index (χ0v) is 13.3.